The lowest BCUT2D eigenvalue weighted by Gasteiger charge is -2.32. The molecule has 0 bridgehead atoms. The molecule has 1 aliphatic rings. The van der Waals surface area contributed by atoms with Crippen molar-refractivity contribution in [1.82, 2.24) is 10.3 Å². The first-order chi connectivity index (χ1) is 7.21. The predicted molar refractivity (Wildman–Crippen MR) is 61.0 cm³/mol. The maximum Gasteiger partial charge on any atom is 0.146 e. The van der Waals surface area contributed by atoms with E-state index in [4.69, 9.17) is 0 Å². The first-order valence-corrected chi connectivity index (χ1v) is 6.21. The maximum absolute atomic E-state index is 12.1. The van der Waals surface area contributed by atoms with Gasteiger partial charge in [0.2, 0.25) is 0 Å². The van der Waals surface area contributed by atoms with Crippen molar-refractivity contribution in [3.05, 3.63) is 16.6 Å². The molecular formula is C11H16N2OS. The standard InChI is InChI=1S/C11H16N2OS/c1-11(3-2-4-12-8-11)9(14)7-10-13-5-6-15-10/h5-6,12H,2-4,7-8H2,1H3. The summed E-state index contributed by atoms with van der Waals surface area (Å²) < 4.78 is 0. The number of nitrogens with zero attached hydrogens (tertiary/aromatic N) is 1. The fraction of sp³-hybridized carbons (Fsp3) is 0.636. The lowest BCUT2D eigenvalue weighted by molar-refractivity contribution is -0.128. The van der Waals surface area contributed by atoms with E-state index in [1.165, 1.54) is 0 Å². The number of aromatic nitrogens is 1. The number of thiazole rings is 1. The Bertz CT molecular complexity index is 328. The molecule has 2 rings (SSSR count). The predicted octanol–water partition coefficient (Wildman–Crippen LogP) is 1.64. The number of hydrogen-bond donors (Lipinski definition) is 1. The minimum absolute atomic E-state index is 0.177. The van der Waals surface area contributed by atoms with Crippen LogP contribution in [-0.2, 0) is 11.2 Å². The van der Waals surface area contributed by atoms with Gasteiger partial charge in [-0.1, -0.05) is 6.92 Å². The average molecular weight is 224 g/mol. The van der Waals surface area contributed by atoms with Gasteiger partial charge in [0.25, 0.3) is 0 Å². The number of carbonyl (C=O) groups excluding carboxylic acids is 1. The van der Waals surface area contributed by atoms with Gasteiger partial charge >= 0.3 is 0 Å². The highest BCUT2D eigenvalue weighted by Crippen LogP contribution is 2.28. The molecule has 0 saturated carbocycles. The van der Waals surface area contributed by atoms with Gasteiger partial charge in [0.05, 0.1) is 11.4 Å². The fourth-order valence-corrected chi connectivity index (χ4v) is 2.60. The Hall–Kier alpha value is -0.740. The molecule has 0 amide bonds. The third kappa shape index (κ3) is 2.44. The van der Waals surface area contributed by atoms with Crippen molar-refractivity contribution in [2.24, 2.45) is 5.41 Å². The Balaban J connectivity index is 2.00. The SMILES string of the molecule is CC1(C(=O)Cc2nccs2)CCCNC1. The molecule has 0 aliphatic carbocycles. The second kappa shape index (κ2) is 4.41. The molecular weight excluding hydrogens is 208 g/mol. The largest absolute Gasteiger partial charge is 0.316 e. The summed E-state index contributed by atoms with van der Waals surface area (Å²) in [5.74, 6) is 0.324. The topological polar surface area (TPSA) is 42.0 Å². The molecule has 1 aliphatic heterocycles. The lowest BCUT2D eigenvalue weighted by Crippen LogP contribution is -2.44. The van der Waals surface area contributed by atoms with E-state index >= 15 is 0 Å². The van der Waals surface area contributed by atoms with Gasteiger partial charge in [-0.15, -0.1) is 11.3 Å². The van der Waals surface area contributed by atoms with Gasteiger partial charge in [0, 0.05) is 23.5 Å². The summed E-state index contributed by atoms with van der Waals surface area (Å²) >= 11 is 1.56. The average Bonchev–Trinajstić information content (AvgIpc) is 2.71. The fourth-order valence-electron chi connectivity index (χ4n) is 1.99. The molecule has 1 aromatic heterocycles. The van der Waals surface area contributed by atoms with Crippen LogP contribution in [0, 0.1) is 5.41 Å². The number of ketones is 1. The normalized spacial score (nSPS) is 26.5. The number of Topliss-reactive ketones (excluding diaryl/α,β-unsaturated/α-hetero) is 1. The van der Waals surface area contributed by atoms with Gasteiger partial charge < -0.3 is 5.32 Å². The van der Waals surface area contributed by atoms with Gasteiger partial charge in [0.15, 0.2) is 0 Å². The van der Waals surface area contributed by atoms with Crippen LogP contribution in [0.1, 0.15) is 24.8 Å². The summed E-state index contributed by atoms with van der Waals surface area (Å²) in [7, 11) is 0. The van der Waals surface area contributed by atoms with Crippen molar-refractivity contribution >= 4 is 17.1 Å². The van der Waals surface area contributed by atoms with Crippen LogP contribution < -0.4 is 5.32 Å². The van der Waals surface area contributed by atoms with Gasteiger partial charge in [-0.05, 0) is 19.4 Å². The molecule has 1 saturated heterocycles. The van der Waals surface area contributed by atoms with Crippen LogP contribution in [0.4, 0.5) is 0 Å². The number of hydrogen-bond acceptors (Lipinski definition) is 4. The van der Waals surface area contributed by atoms with E-state index in [9.17, 15) is 4.79 Å². The van der Waals surface area contributed by atoms with E-state index in [0.717, 1.165) is 30.9 Å². The Morgan fingerprint density at radius 1 is 1.73 bits per heavy atom. The summed E-state index contributed by atoms with van der Waals surface area (Å²) in [6.07, 6.45) is 4.36. The monoisotopic (exact) mass is 224 g/mol. The molecule has 1 atom stereocenters. The van der Waals surface area contributed by atoms with Crippen LogP contribution in [-0.4, -0.2) is 23.9 Å². The lowest BCUT2D eigenvalue weighted by atomic mass is 9.78. The summed E-state index contributed by atoms with van der Waals surface area (Å²) in [4.78, 5) is 16.3. The quantitative estimate of drug-likeness (QED) is 0.848. The van der Waals surface area contributed by atoms with Crippen LogP contribution >= 0.6 is 11.3 Å². The highest BCUT2D eigenvalue weighted by atomic mass is 32.1. The van der Waals surface area contributed by atoms with Crippen LogP contribution in [0.5, 0.6) is 0 Å². The molecule has 3 nitrogen and oxygen atoms in total. The molecule has 4 heteroatoms. The highest BCUT2D eigenvalue weighted by molar-refractivity contribution is 7.09. The second-order valence-corrected chi connectivity index (χ2v) is 5.35. The molecule has 1 aromatic rings. The molecule has 82 valence electrons. The summed E-state index contributed by atoms with van der Waals surface area (Å²) in [5, 5.41) is 6.16. The first-order valence-electron chi connectivity index (χ1n) is 5.33. The van der Waals surface area contributed by atoms with E-state index in [-0.39, 0.29) is 5.41 Å². The minimum atomic E-state index is -0.177. The van der Waals surface area contributed by atoms with Crippen LogP contribution in [0.3, 0.4) is 0 Å². The van der Waals surface area contributed by atoms with Crippen molar-refractivity contribution in [2.75, 3.05) is 13.1 Å². The summed E-state index contributed by atoms with van der Waals surface area (Å²) in [6, 6.07) is 0. The van der Waals surface area contributed by atoms with Crippen LogP contribution in [0.2, 0.25) is 0 Å². The van der Waals surface area contributed by atoms with Crippen molar-refractivity contribution in [2.45, 2.75) is 26.2 Å². The minimum Gasteiger partial charge on any atom is -0.316 e. The van der Waals surface area contributed by atoms with E-state index in [1.54, 1.807) is 17.5 Å². The summed E-state index contributed by atoms with van der Waals surface area (Å²) in [5.41, 5.74) is -0.177. The molecule has 1 fully saturated rings. The van der Waals surface area contributed by atoms with Crippen molar-refractivity contribution in [3.63, 3.8) is 0 Å². The molecule has 2 heterocycles. The number of rotatable bonds is 3. The van der Waals surface area contributed by atoms with Crippen molar-refractivity contribution in [1.29, 1.82) is 0 Å². The zero-order valence-corrected chi connectivity index (χ0v) is 9.77. The molecule has 1 unspecified atom stereocenters. The van der Waals surface area contributed by atoms with E-state index in [1.807, 2.05) is 5.38 Å². The smallest absolute Gasteiger partial charge is 0.146 e. The summed E-state index contributed by atoms with van der Waals surface area (Å²) in [6.45, 7) is 3.92. The molecule has 0 aromatic carbocycles. The van der Waals surface area contributed by atoms with E-state index in [2.05, 4.69) is 17.2 Å². The zero-order valence-electron chi connectivity index (χ0n) is 8.95. The van der Waals surface area contributed by atoms with Crippen LogP contribution in [0.15, 0.2) is 11.6 Å². The van der Waals surface area contributed by atoms with Crippen LogP contribution in [0.25, 0.3) is 0 Å². The van der Waals surface area contributed by atoms with Gasteiger partial charge in [-0.3, -0.25) is 4.79 Å². The molecule has 0 spiro atoms. The molecule has 15 heavy (non-hydrogen) atoms. The molecule has 0 radical (unpaired) electrons. The second-order valence-electron chi connectivity index (χ2n) is 4.37. The Morgan fingerprint density at radius 2 is 2.60 bits per heavy atom. The highest BCUT2D eigenvalue weighted by Gasteiger charge is 2.34. The number of carbonyl (C=O) groups is 1. The Morgan fingerprint density at radius 3 is 3.20 bits per heavy atom. The van der Waals surface area contributed by atoms with Crippen molar-refractivity contribution < 1.29 is 4.79 Å². The first kappa shape index (κ1) is 10.8. The van der Waals surface area contributed by atoms with Crippen molar-refractivity contribution in [3.8, 4) is 0 Å². The number of nitrogens with one attached hydrogen (secondary N) is 1. The van der Waals surface area contributed by atoms with E-state index < -0.39 is 0 Å². The zero-order chi connectivity index (χ0) is 10.7. The maximum atomic E-state index is 12.1. The Kier molecular flexibility index (Phi) is 3.17. The van der Waals surface area contributed by atoms with Gasteiger partial charge in [0.1, 0.15) is 5.78 Å². The third-order valence-corrected chi connectivity index (χ3v) is 3.85. The number of piperidine rings is 1. The molecule has 1 N–H and O–H groups in total. The van der Waals surface area contributed by atoms with Gasteiger partial charge in [-0.25, -0.2) is 4.98 Å². The van der Waals surface area contributed by atoms with Gasteiger partial charge in [-0.2, -0.15) is 0 Å². The third-order valence-electron chi connectivity index (χ3n) is 3.07. The van der Waals surface area contributed by atoms with E-state index in [0.29, 0.717) is 12.2 Å². The Labute approximate surface area is 93.9 Å².